The van der Waals surface area contributed by atoms with Crippen LogP contribution in [0, 0.1) is 0 Å². The highest BCUT2D eigenvalue weighted by Crippen LogP contribution is 2.29. The number of rotatable bonds is 10. The van der Waals surface area contributed by atoms with Crippen LogP contribution in [0.1, 0.15) is 32.7 Å². The molecule has 2 N–H and O–H groups in total. The Labute approximate surface area is 230 Å². The number of ether oxygens (including phenoxy) is 1. The molecular formula is C28H29N9O3. The number of amides is 1. The Kier molecular flexibility index (Phi) is 7.40. The summed E-state index contributed by atoms with van der Waals surface area (Å²) in [6.07, 6.45) is 3.59. The maximum atomic E-state index is 12.7. The molecule has 0 saturated carbocycles. The van der Waals surface area contributed by atoms with Gasteiger partial charge in [0.2, 0.25) is 0 Å². The van der Waals surface area contributed by atoms with Crippen LogP contribution in [0.2, 0.25) is 0 Å². The van der Waals surface area contributed by atoms with Gasteiger partial charge in [-0.05, 0) is 51.4 Å². The number of benzene rings is 2. The van der Waals surface area contributed by atoms with Gasteiger partial charge in [0.25, 0.3) is 11.5 Å². The van der Waals surface area contributed by atoms with E-state index in [1.165, 1.54) is 6.33 Å². The molecule has 0 radical (unpaired) electrons. The second kappa shape index (κ2) is 11.2. The molecule has 5 aromatic rings. The van der Waals surface area contributed by atoms with Crippen molar-refractivity contribution in [2.45, 2.75) is 19.5 Å². The summed E-state index contributed by atoms with van der Waals surface area (Å²) in [4.78, 5) is 26.6. The smallest absolute Gasteiger partial charge is 0.254 e. The van der Waals surface area contributed by atoms with Crippen molar-refractivity contribution in [3.8, 4) is 11.4 Å². The summed E-state index contributed by atoms with van der Waals surface area (Å²) in [6.45, 7) is 0.874. The molecule has 0 aliphatic heterocycles. The summed E-state index contributed by atoms with van der Waals surface area (Å²) in [7, 11) is 5.24. The lowest BCUT2D eigenvalue weighted by molar-refractivity contribution is 0.1000. The van der Waals surface area contributed by atoms with Crippen molar-refractivity contribution >= 4 is 11.7 Å². The fraction of sp³-hybridized carbons (Fsp3) is 0.214. The van der Waals surface area contributed by atoms with Crippen LogP contribution < -0.4 is 20.9 Å². The van der Waals surface area contributed by atoms with Crippen LogP contribution in [0.15, 0.2) is 78.0 Å². The second-order valence-electron chi connectivity index (χ2n) is 9.47. The Balaban J connectivity index is 1.52. The zero-order valence-electron chi connectivity index (χ0n) is 22.4. The average molecular weight is 540 g/mol. The molecule has 0 bridgehead atoms. The molecule has 204 valence electrons. The van der Waals surface area contributed by atoms with Crippen LogP contribution in [0.3, 0.4) is 0 Å². The van der Waals surface area contributed by atoms with Gasteiger partial charge in [-0.3, -0.25) is 14.3 Å². The molecule has 0 fully saturated rings. The minimum absolute atomic E-state index is 0.0541. The van der Waals surface area contributed by atoms with Gasteiger partial charge in [-0.1, -0.05) is 30.3 Å². The topological polar surface area (TPSA) is 139 Å². The molecule has 3 aromatic heterocycles. The van der Waals surface area contributed by atoms with Gasteiger partial charge in [0.05, 0.1) is 31.6 Å². The molecule has 40 heavy (non-hydrogen) atoms. The maximum Gasteiger partial charge on any atom is 0.254 e. The van der Waals surface area contributed by atoms with E-state index in [1.54, 1.807) is 44.3 Å². The monoisotopic (exact) mass is 539 g/mol. The summed E-state index contributed by atoms with van der Waals surface area (Å²) >= 11 is 0. The highest BCUT2D eigenvalue weighted by Gasteiger charge is 2.25. The number of anilines is 1. The number of primary amides is 1. The van der Waals surface area contributed by atoms with E-state index in [4.69, 9.17) is 15.6 Å². The van der Waals surface area contributed by atoms with E-state index < -0.39 is 5.91 Å². The third-order valence-corrected chi connectivity index (χ3v) is 6.56. The second-order valence-corrected chi connectivity index (χ2v) is 9.47. The maximum absolute atomic E-state index is 12.7. The number of aromatic nitrogens is 7. The molecule has 0 atom stereocenters. The lowest BCUT2D eigenvalue weighted by atomic mass is 10.0. The zero-order valence-corrected chi connectivity index (χ0v) is 22.4. The molecule has 0 aliphatic rings. The van der Waals surface area contributed by atoms with Crippen molar-refractivity contribution in [3.63, 3.8) is 0 Å². The van der Waals surface area contributed by atoms with E-state index in [0.29, 0.717) is 42.3 Å². The standard InChI is InChI=1S/C28H29N9O3/c1-34(2)28-26(27(29)39)24(15-21-14-22(40-3)11-12-23(21)37-18-30-32-33-37)36(31-28)17-20-9-7-19(8-10-20)16-35-13-5-4-6-25(35)38/h4-14,18H,15-17H2,1-3H3,(H2,29,39). The van der Waals surface area contributed by atoms with Crippen molar-refractivity contribution in [1.82, 2.24) is 34.6 Å². The predicted octanol–water partition coefficient (Wildman–Crippen LogP) is 1.88. The van der Waals surface area contributed by atoms with Gasteiger partial charge >= 0.3 is 0 Å². The molecule has 0 saturated heterocycles. The number of nitrogens with zero attached hydrogens (tertiary/aromatic N) is 8. The van der Waals surface area contributed by atoms with E-state index in [9.17, 15) is 9.59 Å². The molecular weight excluding hydrogens is 510 g/mol. The van der Waals surface area contributed by atoms with Crippen molar-refractivity contribution in [2.24, 2.45) is 5.73 Å². The highest BCUT2D eigenvalue weighted by atomic mass is 16.5. The Morgan fingerprint density at radius 3 is 2.40 bits per heavy atom. The average Bonchev–Trinajstić information content (AvgIpc) is 3.60. The van der Waals surface area contributed by atoms with Gasteiger partial charge in [-0.15, -0.1) is 5.10 Å². The van der Waals surface area contributed by atoms with E-state index >= 15 is 0 Å². The number of methoxy groups -OCH3 is 1. The summed E-state index contributed by atoms with van der Waals surface area (Å²) in [5, 5.41) is 16.3. The van der Waals surface area contributed by atoms with Gasteiger partial charge in [-0.25, -0.2) is 4.68 Å². The predicted molar refractivity (Wildman–Crippen MR) is 149 cm³/mol. The number of pyridine rings is 1. The largest absolute Gasteiger partial charge is 0.497 e. The first kappa shape index (κ1) is 26.4. The Morgan fingerprint density at radius 1 is 1.02 bits per heavy atom. The van der Waals surface area contributed by atoms with E-state index in [1.807, 2.05) is 62.6 Å². The normalized spacial score (nSPS) is 11.0. The van der Waals surface area contributed by atoms with Gasteiger partial charge in [0, 0.05) is 32.8 Å². The molecule has 0 spiro atoms. The quantitative estimate of drug-likeness (QED) is 0.284. The third-order valence-electron chi connectivity index (χ3n) is 6.56. The van der Waals surface area contributed by atoms with E-state index in [2.05, 4.69) is 15.5 Å². The van der Waals surface area contributed by atoms with Gasteiger partial charge in [-0.2, -0.15) is 5.10 Å². The van der Waals surface area contributed by atoms with Gasteiger partial charge in [0.1, 0.15) is 17.6 Å². The fourth-order valence-electron chi connectivity index (χ4n) is 4.58. The lowest BCUT2D eigenvalue weighted by Crippen LogP contribution is -2.19. The molecule has 2 aromatic carbocycles. The highest BCUT2D eigenvalue weighted by molar-refractivity contribution is 5.99. The molecule has 3 heterocycles. The molecule has 5 rings (SSSR count). The van der Waals surface area contributed by atoms with Crippen molar-refractivity contribution in [1.29, 1.82) is 0 Å². The Hall–Kier alpha value is -5.26. The van der Waals surface area contributed by atoms with Crippen molar-refractivity contribution in [2.75, 3.05) is 26.1 Å². The number of carbonyl (C=O) groups is 1. The summed E-state index contributed by atoms with van der Waals surface area (Å²) in [5.74, 6) is 0.564. The number of nitrogens with two attached hydrogens (primary N) is 1. The molecule has 0 aliphatic carbocycles. The molecule has 12 heteroatoms. The first-order valence-electron chi connectivity index (χ1n) is 12.5. The van der Waals surface area contributed by atoms with E-state index in [0.717, 1.165) is 22.4 Å². The minimum atomic E-state index is -0.569. The van der Waals surface area contributed by atoms with Crippen LogP contribution in [0.5, 0.6) is 5.75 Å². The Bertz CT molecular complexity index is 1690. The van der Waals surface area contributed by atoms with Crippen LogP contribution in [0.25, 0.3) is 5.69 Å². The van der Waals surface area contributed by atoms with Crippen LogP contribution in [-0.4, -0.2) is 61.7 Å². The SMILES string of the molecule is COc1ccc(-n2cnnn2)c(Cc2c(C(N)=O)c(N(C)C)nn2Cc2ccc(Cn3ccccc3=O)cc2)c1. The summed E-state index contributed by atoms with van der Waals surface area (Å²) < 4.78 is 10.5. The summed E-state index contributed by atoms with van der Waals surface area (Å²) in [6, 6.07) is 18.6. The lowest BCUT2D eigenvalue weighted by Gasteiger charge is -2.14. The molecule has 1 amide bonds. The molecule has 0 unspecified atom stereocenters. The summed E-state index contributed by atoms with van der Waals surface area (Å²) in [5.41, 5.74) is 10.4. The van der Waals surface area contributed by atoms with Gasteiger partial charge < -0.3 is 19.9 Å². The first-order chi connectivity index (χ1) is 19.3. The van der Waals surface area contributed by atoms with Crippen LogP contribution in [-0.2, 0) is 19.5 Å². The van der Waals surface area contributed by atoms with Crippen molar-refractivity contribution < 1.29 is 9.53 Å². The van der Waals surface area contributed by atoms with Crippen molar-refractivity contribution in [3.05, 3.63) is 111 Å². The zero-order chi connectivity index (χ0) is 28.2. The van der Waals surface area contributed by atoms with Gasteiger partial charge in [0.15, 0.2) is 5.82 Å². The number of tetrazole rings is 1. The Morgan fingerprint density at radius 2 is 1.77 bits per heavy atom. The number of hydrogen-bond donors (Lipinski definition) is 1. The number of hydrogen-bond acceptors (Lipinski definition) is 8. The fourth-order valence-corrected chi connectivity index (χ4v) is 4.58. The number of carbonyl (C=O) groups excluding carboxylic acids is 1. The third kappa shape index (κ3) is 5.46. The van der Waals surface area contributed by atoms with E-state index in [-0.39, 0.29) is 5.56 Å². The first-order valence-corrected chi connectivity index (χ1v) is 12.5. The minimum Gasteiger partial charge on any atom is -0.497 e. The van der Waals surface area contributed by atoms with Crippen LogP contribution >= 0.6 is 0 Å². The molecule has 12 nitrogen and oxygen atoms in total. The van der Waals surface area contributed by atoms with Crippen LogP contribution in [0.4, 0.5) is 5.82 Å².